The van der Waals surface area contributed by atoms with Gasteiger partial charge < -0.3 is 10.6 Å². The summed E-state index contributed by atoms with van der Waals surface area (Å²) in [4.78, 5) is 26.9. The van der Waals surface area contributed by atoms with Gasteiger partial charge >= 0.3 is 0 Å². The summed E-state index contributed by atoms with van der Waals surface area (Å²) in [7, 11) is 0. The zero-order chi connectivity index (χ0) is 18.8. The van der Waals surface area contributed by atoms with Gasteiger partial charge in [-0.2, -0.15) is 5.10 Å². The third-order valence-corrected chi connectivity index (χ3v) is 6.44. The number of hydrogen-bond acceptors (Lipinski definition) is 4. The summed E-state index contributed by atoms with van der Waals surface area (Å²) in [5, 5.41) is 11.0. The molecule has 0 atom stereocenters. The van der Waals surface area contributed by atoms with Crippen molar-refractivity contribution in [2.75, 3.05) is 5.32 Å². The Morgan fingerprint density at radius 3 is 2.67 bits per heavy atom. The van der Waals surface area contributed by atoms with Crippen LogP contribution in [0.2, 0.25) is 0 Å². The standard InChI is InChI=1S/C20H26N4O2S/c1-2-24-12-11-15(23-24)18(25)22-20-17(19(26)21-13-9-10-13)14-7-5-3-4-6-8-16(14)27-20/h11-13H,2-10H2,1H3,(H,21,26)(H,22,25). The number of aryl methyl sites for hydroxylation is 2. The lowest BCUT2D eigenvalue weighted by atomic mass is 9.96. The van der Waals surface area contributed by atoms with E-state index in [9.17, 15) is 9.59 Å². The number of hydrogen-bond donors (Lipinski definition) is 2. The maximum atomic E-state index is 12.9. The molecule has 1 saturated carbocycles. The van der Waals surface area contributed by atoms with Crippen molar-refractivity contribution < 1.29 is 9.59 Å². The number of rotatable bonds is 5. The average molecular weight is 387 g/mol. The molecular formula is C20H26N4O2S. The van der Waals surface area contributed by atoms with Gasteiger partial charge in [0.1, 0.15) is 5.00 Å². The summed E-state index contributed by atoms with van der Waals surface area (Å²) in [5.41, 5.74) is 2.21. The van der Waals surface area contributed by atoms with E-state index in [1.807, 2.05) is 6.92 Å². The third kappa shape index (κ3) is 4.08. The highest BCUT2D eigenvalue weighted by Gasteiger charge is 2.30. The van der Waals surface area contributed by atoms with Gasteiger partial charge in [0.25, 0.3) is 11.8 Å². The molecule has 2 aromatic rings. The molecule has 6 nitrogen and oxygen atoms in total. The Bertz CT molecular complexity index is 850. The Hall–Kier alpha value is -2.15. The van der Waals surface area contributed by atoms with Crippen molar-refractivity contribution in [2.45, 2.75) is 70.9 Å². The molecule has 0 spiro atoms. The number of amides is 2. The summed E-state index contributed by atoms with van der Waals surface area (Å²) in [6.07, 6.45) is 10.5. The number of thiophene rings is 1. The molecule has 7 heteroatoms. The van der Waals surface area contributed by atoms with E-state index in [0.717, 1.165) is 50.6 Å². The molecule has 0 radical (unpaired) electrons. The molecule has 4 rings (SSSR count). The number of aromatic nitrogens is 2. The highest BCUT2D eigenvalue weighted by Crippen LogP contribution is 2.37. The molecule has 2 aromatic heterocycles. The first-order chi connectivity index (χ1) is 13.2. The van der Waals surface area contributed by atoms with Gasteiger partial charge in [0, 0.05) is 23.7 Å². The lowest BCUT2D eigenvalue weighted by molar-refractivity contribution is 0.0951. The second kappa shape index (κ2) is 7.84. The fourth-order valence-corrected chi connectivity index (χ4v) is 4.84. The van der Waals surface area contributed by atoms with Gasteiger partial charge in [-0.05, 0) is 57.1 Å². The molecule has 2 N–H and O–H groups in total. The van der Waals surface area contributed by atoms with Gasteiger partial charge in [0.2, 0.25) is 0 Å². The van der Waals surface area contributed by atoms with E-state index in [1.165, 1.54) is 17.7 Å². The number of nitrogens with zero attached hydrogens (tertiary/aromatic N) is 2. The SMILES string of the molecule is CCn1ccc(C(=O)Nc2sc3c(c2C(=O)NC2CC2)CCCCCC3)n1. The molecule has 2 aliphatic rings. The van der Waals surface area contributed by atoms with Crippen molar-refractivity contribution in [3.63, 3.8) is 0 Å². The Kier molecular flexibility index (Phi) is 5.29. The quantitative estimate of drug-likeness (QED) is 0.821. The molecule has 27 heavy (non-hydrogen) atoms. The summed E-state index contributed by atoms with van der Waals surface area (Å²) in [6, 6.07) is 2.01. The van der Waals surface area contributed by atoms with Crippen LogP contribution in [0, 0.1) is 0 Å². The summed E-state index contributed by atoms with van der Waals surface area (Å²) in [6.45, 7) is 2.70. The van der Waals surface area contributed by atoms with Crippen molar-refractivity contribution in [3.05, 3.63) is 34.0 Å². The Labute approximate surface area is 163 Å². The van der Waals surface area contributed by atoms with Crippen LogP contribution >= 0.6 is 11.3 Å². The molecule has 0 bridgehead atoms. The summed E-state index contributed by atoms with van der Waals surface area (Å²) < 4.78 is 1.73. The van der Waals surface area contributed by atoms with Crippen LogP contribution < -0.4 is 10.6 Å². The van der Waals surface area contributed by atoms with E-state index in [0.29, 0.717) is 22.3 Å². The van der Waals surface area contributed by atoms with Crippen LogP contribution in [-0.4, -0.2) is 27.6 Å². The first kappa shape index (κ1) is 18.2. The maximum absolute atomic E-state index is 12.9. The molecule has 2 aliphatic carbocycles. The molecule has 2 amide bonds. The minimum Gasteiger partial charge on any atom is -0.349 e. The fraction of sp³-hybridized carbons (Fsp3) is 0.550. The number of carbonyl (C=O) groups is 2. The summed E-state index contributed by atoms with van der Waals surface area (Å²) >= 11 is 1.57. The van der Waals surface area contributed by atoms with E-state index in [2.05, 4.69) is 15.7 Å². The van der Waals surface area contributed by atoms with Crippen LogP contribution in [0.15, 0.2) is 12.3 Å². The lowest BCUT2D eigenvalue weighted by Crippen LogP contribution is -2.27. The highest BCUT2D eigenvalue weighted by atomic mass is 32.1. The Balaban J connectivity index is 1.64. The van der Waals surface area contributed by atoms with Crippen LogP contribution in [-0.2, 0) is 19.4 Å². The number of fused-ring (bicyclic) bond motifs is 1. The van der Waals surface area contributed by atoms with Crippen molar-refractivity contribution in [2.24, 2.45) is 0 Å². The predicted molar refractivity (Wildman–Crippen MR) is 107 cm³/mol. The van der Waals surface area contributed by atoms with Crippen LogP contribution in [0.4, 0.5) is 5.00 Å². The zero-order valence-electron chi connectivity index (χ0n) is 15.7. The smallest absolute Gasteiger partial charge is 0.276 e. The largest absolute Gasteiger partial charge is 0.349 e. The second-order valence-corrected chi connectivity index (χ2v) is 8.49. The molecule has 144 valence electrons. The zero-order valence-corrected chi connectivity index (χ0v) is 16.5. The van der Waals surface area contributed by atoms with E-state index in [4.69, 9.17) is 0 Å². The number of carbonyl (C=O) groups excluding carboxylic acids is 2. The van der Waals surface area contributed by atoms with Crippen LogP contribution in [0.25, 0.3) is 0 Å². The van der Waals surface area contributed by atoms with E-state index in [1.54, 1.807) is 28.3 Å². The molecule has 2 heterocycles. The maximum Gasteiger partial charge on any atom is 0.276 e. The Morgan fingerprint density at radius 1 is 1.19 bits per heavy atom. The Morgan fingerprint density at radius 2 is 1.96 bits per heavy atom. The minimum atomic E-state index is -0.253. The number of nitrogens with one attached hydrogen (secondary N) is 2. The van der Waals surface area contributed by atoms with E-state index >= 15 is 0 Å². The van der Waals surface area contributed by atoms with E-state index in [-0.39, 0.29) is 11.8 Å². The minimum absolute atomic E-state index is 0.0371. The van der Waals surface area contributed by atoms with Crippen LogP contribution in [0.3, 0.4) is 0 Å². The van der Waals surface area contributed by atoms with Gasteiger partial charge in [-0.3, -0.25) is 14.3 Å². The monoisotopic (exact) mass is 386 g/mol. The van der Waals surface area contributed by atoms with Crippen molar-refractivity contribution in [1.82, 2.24) is 15.1 Å². The van der Waals surface area contributed by atoms with Crippen LogP contribution in [0.1, 0.15) is 76.7 Å². The average Bonchev–Trinajstić information content (AvgIpc) is 3.20. The molecule has 1 fully saturated rings. The van der Waals surface area contributed by atoms with E-state index < -0.39 is 0 Å². The molecule has 0 aromatic carbocycles. The molecule has 0 aliphatic heterocycles. The van der Waals surface area contributed by atoms with Crippen molar-refractivity contribution in [1.29, 1.82) is 0 Å². The molecular weight excluding hydrogens is 360 g/mol. The molecule has 0 saturated heterocycles. The number of anilines is 1. The lowest BCUT2D eigenvalue weighted by Gasteiger charge is -2.12. The second-order valence-electron chi connectivity index (χ2n) is 7.38. The summed E-state index contributed by atoms with van der Waals surface area (Å²) in [5.74, 6) is -0.290. The predicted octanol–water partition coefficient (Wildman–Crippen LogP) is 3.77. The van der Waals surface area contributed by atoms with Gasteiger partial charge in [0.15, 0.2) is 5.69 Å². The van der Waals surface area contributed by atoms with Crippen molar-refractivity contribution >= 4 is 28.2 Å². The first-order valence-corrected chi connectivity index (χ1v) is 10.8. The van der Waals surface area contributed by atoms with Gasteiger partial charge in [-0.25, -0.2) is 0 Å². The van der Waals surface area contributed by atoms with Gasteiger partial charge in [0.05, 0.1) is 5.56 Å². The van der Waals surface area contributed by atoms with Crippen LogP contribution in [0.5, 0.6) is 0 Å². The first-order valence-electron chi connectivity index (χ1n) is 9.96. The van der Waals surface area contributed by atoms with Gasteiger partial charge in [-0.1, -0.05) is 12.8 Å². The van der Waals surface area contributed by atoms with Crippen molar-refractivity contribution in [3.8, 4) is 0 Å². The normalized spacial score (nSPS) is 16.9. The topological polar surface area (TPSA) is 76.0 Å². The fourth-order valence-electron chi connectivity index (χ4n) is 3.56. The highest BCUT2D eigenvalue weighted by molar-refractivity contribution is 7.17. The third-order valence-electron chi connectivity index (χ3n) is 5.24. The van der Waals surface area contributed by atoms with Gasteiger partial charge in [-0.15, -0.1) is 11.3 Å². The molecule has 0 unspecified atom stereocenters.